The maximum atomic E-state index is 8.98. The molecule has 134 valence electrons. The van der Waals surface area contributed by atoms with Crippen molar-refractivity contribution in [3.05, 3.63) is 48.2 Å². The number of nitrogens with zero attached hydrogens (tertiary/aromatic N) is 7. The van der Waals surface area contributed by atoms with Crippen molar-refractivity contribution < 1.29 is 0 Å². The molecule has 0 aromatic carbocycles. The first-order chi connectivity index (χ1) is 13.3. The zero-order valence-corrected chi connectivity index (χ0v) is 14.9. The van der Waals surface area contributed by atoms with Gasteiger partial charge >= 0.3 is 0 Å². The molecule has 4 aromatic heterocycles. The van der Waals surface area contributed by atoms with E-state index in [-0.39, 0.29) is 5.92 Å². The number of rotatable bonds is 3. The van der Waals surface area contributed by atoms with Gasteiger partial charge in [0.15, 0.2) is 11.3 Å². The summed E-state index contributed by atoms with van der Waals surface area (Å²) in [5, 5.41) is 17.9. The van der Waals surface area contributed by atoms with Crippen LogP contribution < -0.4 is 4.90 Å². The van der Waals surface area contributed by atoms with Crippen LogP contribution in [0, 0.1) is 17.2 Å². The minimum absolute atomic E-state index is 0.253. The third kappa shape index (κ3) is 2.43. The number of nitriles is 1. The summed E-state index contributed by atoms with van der Waals surface area (Å²) in [5.74, 6) is 2.58. The highest BCUT2D eigenvalue weighted by molar-refractivity contribution is 5.74. The van der Waals surface area contributed by atoms with Crippen LogP contribution in [0.1, 0.15) is 30.7 Å². The van der Waals surface area contributed by atoms with Gasteiger partial charge in [0.2, 0.25) is 0 Å². The fourth-order valence-electron chi connectivity index (χ4n) is 4.04. The average Bonchev–Trinajstić information content (AvgIpc) is 3.43. The lowest BCUT2D eigenvalue weighted by atomic mass is 9.93. The Morgan fingerprint density at radius 3 is 2.89 bits per heavy atom. The van der Waals surface area contributed by atoms with Crippen LogP contribution in [-0.2, 0) is 0 Å². The van der Waals surface area contributed by atoms with Crippen molar-refractivity contribution in [2.24, 2.45) is 5.92 Å². The molecular weight excluding hydrogens is 340 g/mol. The number of hydrogen-bond donors (Lipinski definition) is 1. The zero-order valence-electron chi connectivity index (χ0n) is 14.9. The second-order valence-corrected chi connectivity index (χ2v) is 6.92. The Hall–Kier alpha value is -3.47. The van der Waals surface area contributed by atoms with Crippen LogP contribution in [0.3, 0.4) is 0 Å². The Morgan fingerprint density at radius 2 is 2.11 bits per heavy atom. The largest absolute Gasteiger partial charge is 0.356 e. The molecule has 1 aliphatic rings. The van der Waals surface area contributed by atoms with Crippen LogP contribution in [0.2, 0.25) is 0 Å². The molecule has 1 fully saturated rings. The molecule has 5 heterocycles. The molecule has 1 saturated heterocycles. The van der Waals surface area contributed by atoms with Crippen molar-refractivity contribution in [2.45, 2.75) is 19.3 Å². The van der Waals surface area contributed by atoms with E-state index in [1.807, 2.05) is 24.4 Å². The van der Waals surface area contributed by atoms with Gasteiger partial charge in [0.25, 0.3) is 0 Å². The number of hydrogen-bond acceptors (Lipinski definition) is 6. The number of H-pyrrole nitrogens is 1. The molecule has 0 unspecified atom stereocenters. The Morgan fingerprint density at radius 1 is 1.19 bits per heavy atom. The van der Waals surface area contributed by atoms with Gasteiger partial charge in [-0.3, -0.25) is 4.40 Å². The van der Waals surface area contributed by atoms with Crippen molar-refractivity contribution in [3.63, 3.8) is 0 Å². The molecule has 0 spiro atoms. The van der Waals surface area contributed by atoms with Crippen molar-refractivity contribution in [1.82, 2.24) is 29.5 Å². The molecule has 4 aromatic rings. The first-order valence-electron chi connectivity index (χ1n) is 9.06. The van der Waals surface area contributed by atoms with E-state index in [2.05, 4.69) is 47.4 Å². The Labute approximate surface area is 155 Å². The first-order valence-corrected chi connectivity index (χ1v) is 9.06. The summed E-state index contributed by atoms with van der Waals surface area (Å²) < 4.78 is 2.11. The van der Waals surface area contributed by atoms with E-state index < -0.39 is 0 Å². The van der Waals surface area contributed by atoms with Crippen LogP contribution in [0.25, 0.3) is 16.8 Å². The monoisotopic (exact) mass is 358 g/mol. The zero-order chi connectivity index (χ0) is 18.4. The minimum Gasteiger partial charge on any atom is -0.356 e. The third-order valence-electron chi connectivity index (χ3n) is 5.47. The summed E-state index contributed by atoms with van der Waals surface area (Å²) in [6.45, 7) is 3.95. The predicted octanol–water partition coefficient (Wildman–Crippen LogP) is 2.50. The standard InChI is InChI=1S/C19H18N8/c1-2-13-10-26(16-4-3-12(7-20)8-22-16)11-14(13)19-25-24-17-9-23-18-15(27(17)19)5-6-21-18/h3-6,8-9,13-14,21H,2,10-11H2,1H3/t13-,14+/m0/s1. The SMILES string of the molecule is CC[C@H]1CN(c2ccc(C#N)cn2)C[C@H]1c1nnc2cnc3[nH]ccc3n12. The highest BCUT2D eigenvalue weighted by Crippen LogP contribution is 2.36. The second-order valence-electron chi connectivity index (χ2n) is 6.92. The highest BCUT2D eigenvalue weighted by Gasteiger charge is 2.36. The Balaban J connectivity index is 1.55. The van der Waals surface area contributed by atoms with Crippen LogP contribution >= 0.6 is 0 Å². The molecule has 0 radical (unpaired) electrons. The fraction of sp³-hybridized carbons (Fsp3) is 0.316. The average molecular weight is 358 g/mol. The van der Waals surface area contributed by atoms with E-state index in [4.69, 9.17) is 5.26 Å². The highest BCUT2D eigenvalue weighted by atomic mass is 15.3. The molecule has 0 bridgehead atoms. The molecule has 2 atom stereocenters. The molecule has 0 saturated carbocycles. The van der Waals surface area contributed by atoms with E-state index in [9.17, 15) is 0 Å². The van der Waals surface area contributed by atoms with Crippen LogP contribution in [0.4, 0.5) is 5.82 Å². The Kier molecular flexibility index (Phi) is 3.53. The normalized spacial score (nSPS) is 19.8. The number of nitrogens with one attached hydrogen (secondary N) is 1. The molecular formula is C19H18N8. The molecule has 8 nitrogen and oxygen atoms in total. The van der Waals surface area contributed by atoms with Gasteiger partial charge in [0.05, 0.1) is 17.3 Å². The number of aromatic amines is 1. The van der Waals surface area contributed by atoms with Crippen molar-refractivity contribution in [1.29, 1.82) is 5.26 Å². The van der Waals surface area contributed by atoms with Crippen LogP contribution in [0.5, 0.6) is 0 Å². The van der Waals surface area contributed by atoms with Gasteiger partial charge in [-0.25, -0.2) is 9.97 Å². The second kappa shape index (κ2) is 6.06. The number of pyridine rings is 1. The van der Waals surface area contributed by atoms with Gasteiger partial charge in [0, 0.05) is 31.4 Å². The van der Waals surface area contributed by atoms with E-state index in [1.165, 1.54) is 0 Å². The van der Waals surface area contributed by atoms with E-state index >= 15 is 0 Å². The Bertz CT molecular complexity index is 1150. The van der Waals surface area contributed by atoms with Crippen LogP contribution in [0.15, 0.2) is 36.8 Å². The molecule has 0 amide bonds. The molecule has 1 N–H and O–H groups in total. The minimum atomic E-state index is 0.253. The molecule has 5 rings (SSSR count). The van der Waals surface area contributed by atoms with Gasteiger partial charge < -0.3 is 9.88 Å². The summed E-state index contributed by atoms with van der Waals surface area (Å²) in [7, 11) is 0. The summed E-state index contributed by atoms with van der Waals surface area (Å²) in [6, 6.07) is 7.87. The number of anilines is 1. The summed E-state index contributed by atoms with van der Waals surface area (Å²) in [6.07, 6.45) is 6.32. The molecule has 1 aliphatic heterocycles. The quantitative estimate of drug-likeness (QED) is 0.604. The topological polar surface area (TPSA) is 98.8 Å². The lowest BCUT2D eigenvalue weighted by Crippen LogP contribution is -2.21. The maximum Gasteiger partial charge on any atom is 0.179 e. The van der Waals surface area contributed by atoms with Gasteiger partial charge in [0.1, 0.15) is 17.7 Å². The summed E-state index contributed by atoms with van der Waals surface area (Å²) >= 11 is 0. The predicted molar refractivity (Wildman–Crippen MR) is 100 cm³/mol. The summed E-state index contributed by atoms with van der Waals surface area (Å²) in [4.78, 5) is 14.3. The number of aromatic nitrogens is 6. The molecule has 8 heteroatoms. The third-order valence-corrected chi connectivity index (χ3v) is 5.47. The van der Waals surface area contributed by atoms with Crippen molar-refractivity contribution in [2.75, 3.05) is 18.0 Å². The maximum absolute atomic E-state index is 8.98. The van der Waals surface area contributed by atoms with Gasteiger partial charge in [-0.1, -0.05) is 13.3 Å². The van der Waals surface area contributed by atoms with E-state index in [1.54, 1.807) is 12.4 Å². The smallest absolute Gasteiger partial charge is 0.179 e. The van der Waals surface area contributed by atoms with E-state index in [0.29, 0.717) is 11.5 Å². The number of fused-ring (bicyclic) bond motifs is 3. The van der Waals surface area contributed by atoms with Crippen LogP contribution in [-0.4, -0.2) is 42.6 Å². The molecule has 0 aliphatic carbocycles. The lowest BCUT2D eigenvalue weighted by molar-refractivity contribution is 0.484. The fourth-order valence-corrected chi connectivity index (χ4v) is 4.04. The van der Waals surface area contributed by atoms with Crippen molar-refractivity contribution >= 4 is 22.6 Å². The first kappa shape index (κ1) is 15.8. The summed E-state index contributed by atoms with van der Waals surface area (Å²) in [5.41, 5.74) is 3.17. The lowest BCUT2D eigenvalue weighted by Gasteiger charge is -2.17. The molecule has 27 heavy (non-hydrogen) atoms. The van der Waals surface area contributed by atoms with E-state index in [0.717, 1.165) is 48.0 Å². The van der Waals surface area contributed by atoms with Gasteiger partial charge in [-0.05, 0) is 24.1 Å². The van der Waals surface area contributed by atoms with Crippen molar-refractivity contribution in [3.8, 4) is 6.07 Å². The van der Waals surface area contributed by atoms with Gasteiger partial charge in [-0.15, -0.1) is 10.2 Å². The van der Waals surface area contributed by atoms with Gasteiger partial charge in [-0.2, -0.15) is 5.26 Å².